The van der Waals surface area contributed by atoms with E-state index in [4.69, 9.17) is 0 Å². The maximum absolute atomic E-state index is 9.64. The predicted molar refractivity (Wildman–Crippen MR) is 91.7 cm³/mol. The van der Waals surface area contributed by atoms with Crippen LogP contribution < -0.4 is 0 Å². The number of hydrogen-bond acceptors (Lipinski definition) is 3. The molecule has 3 heteroatoms. The quantitative estimate of drug-likeness (QED) is 0.424. The second-order valence-electron chi connectivity index (χ2n) is 6.02. The summed E-state index contributed by atoms with van der Waals surface area (Å²) in [6, 6.07) is 0. The van der Waals surface area contributed by atoms with Crippen molar-refractivity contribution in [3.05, 3.63) is 12.2 Å². The van der Waals surface area contributed by atoms with Crippen molar-refractivity contribution in [2.45, 2.75) is 84.3 Å². The molecule has 21 heavy (non-hydrogen) atoms. The van der Waals surface area contributed by atoms with E-state index in [9.17, 15) is 5.11 Å². The average Bonchev–Trinajstić information content (AvgIpc) is 2.93. The second-order valence-corrected chi connectivity index (χ2v) is 6.02. The van der Waals surface area contributed by atoms with Crippen LogP contribution >= 0.6 is 0 Å². The molecule has 1 atom stereocenters. The highest BCUT2D eigenvalue weighted by molar-refractivity contribution is 5.83. The van der Waals surface area contributed by atoms with Crippen LogP contribution in [0.15, 0.2) is 17.1 Å². The first-order valence-corrected chi connectivity index (χ1v) is 8.88. The summed E-state index contributed by atoms with van der Waals surface area (Å²) in [5, 5.41) is 9.64. The highest BCUT2D eigenvalue weighted by Gasteiger charge is 2.19. The van der Waals surface area contributed by atoms with Crippen LogP contribution in [0.25, 0.3) is 0 Å². The molecule has 0 radical (unpaired) electrons. The van der Waals surface area contributed by atoms with Gasteiger partial charge in [-0.25, -0.2) is 0 Å². The molecule has 1 unspecified atom stereocenters. The van der Waals surface area contributed by atoms with Crippen molar-refractivity contribution >= 4 is 5.84 Å². The van der Waals surface area contributed by atoms with Crippen molar-refractivity contribution in [3.63, 3.8) is 0 Å². The predicted octanol–water partition coefficient (Wildman–Crippen LogP) is 4.52. The van der Waals surface area contributed by atoms with Gasteiger partial charge >= 0.3 is 0 Å². The van der Waals surface area contributed by atoms with Gasteiger partial charge in [0.25, 0.3) is 0 Å². The Morgan fingerprint density at radius 2 is 1.76 bits per heavy atom. The van der Waals surface area contributed by atoms with Gasteiger partial charge in [-0.1, -0.05) is 51.2 Å². The van der Waals surface area contributed by atoms with E-state index >= 15 is 0 Å². The maximum atomic E-state index is 9.64. The lowest BCUT2D eigenvalue weighted by atomic mass is 10.1. The van der Waals surface area contributed by atoms with Gasteiger partial charge in [0.15, 0.2) is 0 Å². The second kappa shape index (κ2) is 11.8. The molecule has 1 N–H and O–H groups in total. The average molecular weight is 294 g/mol. The van der Waals surface area contributed by atoms with E-state index in [1.165, 1.54) is 51.4 Å². The van der Waals surface area contributed by atoms with Gasteiger partial charge in [0.2, 0.25) is 0 Å². The van der Waals surface area contributed by atoms with Gasteiger partial charge in [-0.2, -0.15) is 0 Å². The van der Waals surface area contributed by atoms with Crippen molar-refractivity contribution in [1.82, 2.24) is 4.90 Å². The zero-order valence-electron chi connectivity index (χ0n) is 14.1. The molecule has 0 bridgehead atoms. The Bertz CT molecular complexity index is 310. The van der Waals surface area contributed by atoms with Crippen LogP contribution in [0.5, 0.6) is 0 Å². The molecule has 1 aliphatic heterocycles. The number of amidine groups is 1. The van der Waals surface area contributed by atoms with Crippen molar-refractivity contribution < 1.29 is 5.11 Å². The van der Waals surface area contributed by atoms with Gasteiger partial charge in [0, 0.05) is 13.0 Å². The van der Waals surface area contributed by atoms with Crippen molar-refractivity contribution in [1.29, 1.82) is 0 Å². The van der Waals surface area contributed by atoms with Gasteiger partial charge in [-0.05, 0) is 32.6 Å². The van der Waals surface area contributed by atoms with Crippen LogP contribution in [0.4, 0.5) is 0 Å². The van der Waals surface area contributed by atoms with Crippen LogP contribution in [0, 0.1) is 0 Å². The largest absolute Gasteiger partial charge is 0.374 e. The molecule has 3 nitrogen and oxygen atoms in total. The molecule has 0 fully saturated rings. The van der Waals surface area contributed by atoms with E-state index in [0.717, 1.165) is 31.8 Å². The third kappa shape index (κ3) is 8.25. The van der Waals surface area contributed by atoms with Gasteiger partial charge in [0.1, 0.15) is 12.1 Å². The smallest absolute Gasteiger partial charge is 0.125 e. The first-order valence-electron chi connectivity index (χ1n) is 8.88. The zero-order valence-corrected chi connectivity index (χ0v) is 14.1. The minimum Gasteiger partial charge on any atom is -0.374 e. The lowest BCUT2D eigenvalue weighted by molar-refractivity contribution is 0.0766. The van der Waals surface area contributed by atoms with E-state index in [1.54, 1.807) is 0 Å². The summed E-state index contributed by atoms with van der Waals surface area (Å²) in [4.78, 5) is 6.53. The Kier molecular flexibility index (Phi) is 10.2. The fraction of sp³-hybridized carbons (Fsp3) is 0.833. The highest BCUT2D eigenvalue weighted by Crippen LogP contribution is 2.14. The number of rotatable bonds is 12. The Balaban J connectivity index is 1.90. The van der Waals surface area contributed by atoms with Crippen LogP contribution in [-0.2, 0) is 0 Å². The SMILES string of the molecule is CC/C=C/CCCCCCCCCC1=NCCN1C(C)O. The van der Waals surface area contributed by atoms with Crippen molar-refractivity contribution in [2.24, 2.45) is 4.99 Å². The molecule has 0 spiro atoms. The minimum atomic E-state index is -0.381. The highest BCUT2D eigenvalue weighted by atomic mass is 16.3. The fourth-order valence-corrected chi connectivity index (χ4v) is 2.85. The molecule has 122 valence electrons. The normalized spacial score (nSPS) is 16.7. The van der Waals surface area contributed by atoms with Gasteiger partial charge in [-0.15, -0.1) is 0 Å². The summed E-state index contributed by atoms with van der Waals surface area (Å²) < 4.78 is 0. The van der Waals surface area contributed by atoms with Gasteiger partial charge < -0.3 is 10.0 Å². The van der Waals surface area contributed by atoms with E-state index in [1.807, 2.05) is 11.8 Å². The number of hydrogen-bond donors (Lipinski definition) is 1. The first kappa shape index (κ1) is 18.2. The van der Waals surface area contributed by atoms with Crippen molar-refractivity contribution in [3.8, 4) is 0 Å². The molecule has 1 rings (SSSR count). The monoisotopic (exact) mass is 294 g/mol. The van der Waals surface area contributed by atoms with Gasteiger partial charge in [0.05, 0.1) is 6.54 Å². The first-order chi connectivity index (χ1) is 10.3. The third-order valence-electron chi connectivity index (χ3n) is 4.09. The van der Waals surface area contributed by atoms with Crippen LogP contribution in [-0.4, -0.2) is 35.2 Å². The van der Waals surface area contributed by atoms with Crippen LogP contribution in [0.3, 0.4) is 0 Å². The molecular weight excluding hydrogens is 260 g/mol. The summed E-state index contributed by atoms with van der Waals surface area (Å²) >= 11 is 0. The maximum Gasteiger partial charge on any atom is 0.125 e. The third-order valence-corrected chi connectivity index (χ3v) is 4.09. The number of aliphatic hydroxyl groups is 1. The van der Waals surface area contributed by atoms with Crippen molar-refractivity contribution in [2.75, 3.05) is 13.1 Å². The number of allylic oxidation sites excluding steroid dienone is 2. The topological polar surface area (TPSA) is 35.8 Å². The molecule has 0 saturated carbocycles. The number of aliphatic imine (C=N–C) groups is 1. The fourth-order valence-electron chi connectivity index (χ4n) is 2.85. The van der Waals surface area contributed by atoms with E-state index in [-0.39, 0.29) is 6.23 Å². The Hall–Kier alpha value is -0.830. The lowest BCUT2D eigenvalue weighted by Crippen LogP contribution is -2.35. The Morgan fingerprint density at radius 1 is 1.10 bits per heavy atom. The summed E-state index contributed by atoms with van der Waals surface area (Å²) in [5.74, 6) is 1.12. The van der Waals surface area contributed by atoms with Crippen LogP contribution in [0.1, 0.15) is 78.1 Å². The summed E-state index contributed by atoms with van der Waals surface area (Å²) in [6.45, 7) is 5.76. The van der Waals surface area contributed by atoms with E-state index < -0.39 is 0 Å². The van der Waals surface area contributed by atoms with E-state index in [0.29, 0.717) is 0 Å². The molecule has 0 aromatic rings. The number of unbranched alkanes of at least 4 members (excludes halogenated alkanes) is 7. The molecule has 0 aliphatic carbocycles. The number of nitrogens with zero attached hydrogens (tertiary/aromatic N) is 2. The summed E-state index contributed by atoms with van der Waals surface area (Å²) in [7, 11) is 0. The lowest BCUT2D eigenvalue weighted by Gasteiger charge is -2.23. The molecule has 0 amide bonds. The Morgan fingerprint density at radius 3 is 2.43 bits per heavy atom. The molecule has 1 aliphatic rings. The molecule has 0 aromatic carbocycles. The zero-order chi connectivity index (χ0) is 15.3. The van der Waals surface area contributed by atoms with Gasteiger partial charge in [-0.3, -0.25) is 4.99 Å². The summed E-state index contributed by atoms with van der Waals surface area (Å²) in [5.41, 5.74) is 0. The van der Waals surface area contributed by atoms with Crippen LogP contribution in [0.2, 0.25) is 0 Å². The van der Waals surface area contributed by atoms with E-state index in [2.05, 4.69) is 24.1 Å². The molecule has 0 aromatic heterocycles. The number of aliphatic hydroxyl groups excluding tert-OH is 1. The standard InChI is InChI=1S/C18H34N2O/c1-3-4-5-6-7-8-9-10-11-12-13-14-18-19-15-16-20(18)17(2)21/h4-5,17,21H,3,6-16H2,1-2H3/b5-4+. The Labute approximate surface area is 131 Å². The molecular formula is C18H34N2O. The summed E-state index contributed by atoms with van der Waals surface area (Å²) in [6.07, 6.45) is 17.0. The molecule has 0 saturated heterocycles. The minimum absolute atomic E-state index is 0.381. The molecule has 1 heterocycles.